The van der Waals surface area contributed by atoms with Crippen LogP contribution in [0.2, 0.25) is 5.02 Å². The second-order valence-electron chi connectivity index (χ2n) is 8.09. The number of anilines is 1. The molecule has 0 fully saturated rings. The molecule has 3 atom stereocenters. The van der Waals surface area contributed by atoms with Gasteiger partial charge in [0, 0.05) is 22.8 Å². The number of rotatable bonds is 3. The van der Waals surface area contributed by atoms with Crippen LogP contribution in [0.5, 0.6) is 5.75 Å². The van der Waals surface area contributed by atoms with Crippen molar-refractivity contribution in [1.29, 1.82) is 0 Å². The summed E-state index contributed by atoms with van der Waals surface area (Å²) < 4.78 is 76.7. The first kappa shape index (κ1) is 23.4. The van der Waals surface area contributed by atoms with E-state index >= 15 is 0 Å². The van der Waals surface area contributed by atoms with Gasteiger partial charge >= 0.3 is 6.18 Å². The quantitative estimate of drug-likeness (QED) is 0.455. The second kappa shape index (κ2) is 7.95. The van der Waals surface area contributed by atoms with Crippen molar-refractivity contribution >= 4 is 28.2 Å². The second-order valence-corrected chi connectivity index (χ2v) is 8.49. The van der Waals surface area contributed by atoms with Crippen molar-refractivity contribution in [3.8, 4) is 5.75 Å². The van der Waals surface area contributed by atoms with Crippen molar-refractivity contribution in [3.05, 3.63) is 58.0 Å². The molecule has 5 nitrogen and oxygen atoms in total. The summed E-state index contributed by atoms with van der Waals surface area (Å²) in [7, 11) is 1.18. The summed E-state index contributed by atoms with van der Waals surface area (Å²) in [6.07, 6.45) is -4.55. The molecule has 0 radical (unpaired) electrons. The van der Waals surface area contributed by atoms with Crippen LogP contribution in [-0.2, 0) is 0 Å². The lowest BCUT2D eigenvalue weighted by molar-refractivity contribution is -0.272. The summed E-state index contributed by atoms with van der Waals surface area (Å²) in [6, 6.07) is 1.51. The highest BCUT2D eigenvalue weighted by Gasteiger charge is 2.62. The molecule has 0 saturated carbocycles. The average molecular weight is 488 g/mol. The third kappa shape index (κ3) is 3.65. The number of ether oxygens (including phenoxy) is 1. The van der Waals surface area contributed by atoms with Crippen molar-refractivity contribution in [1.82, 2.24) is 9.97 Å². The highest BCUT2D eigenvalue weighted by molar-refractivity contribution is 6.31. The number of alkyl halides is 3. The van der Waals surface area contributed by atoms with Crippen LogP contribution >= 0.6 is 11.6 Å². The summed E-state index contributed by atoms with van der Waals surface area (Å²) in [5.41, 5.74) is -3.22. The SMILES string of the molecule is COc1c(F)c(Cl)cc2c1[C@H](C)C[C@](O)(C(F)(F)F)[C@H]2Nc1ccc(F)c2nc(C)ncc12. The molecule has 33 heavy (non-hydrogen) atoms. The largest absolute Gasteiger partial charge is 0.493 e. The number of hydrogen-bond acceptors (Lipinski definition) is 5. The fraction of sp³-hybridized carbons (Fsp3) is 0.364. The van der Waals surface area contributed by atoms with E-state index in [1.807, 2.05) is 0 Å². The molecule has 1 aliphatic carbocycles. The normalized spacial score (nSPS) is 22.8. The van der Waals surface area contributed by atoms with Crippen molar-refractivity contribution in [2.24, 2.45) is 0 Å². The number of halogens is 6. The zero-order valence-corrected chi connectivity index (χ0v) is 18.4. The minimum Gasteiger partial charge on any atom is -0.493 e. The fourth-order valence-corrected chi connectivity index (χ4v) is 4.66. The van der Waals surface area contributed by atoms with Crippen molar-refractivity contribution in [2.45, 2.75) is 44.0 Å². The Morgan fingerprint density at radius 2 is 1.97 bits per heavy atom. The van der Waals surface area contributed by atoms with Gasteiger partial charge in [0.15, 0.2) is 17.2 Å². The molecule has 0 amide bonds. The maximum atomic E-state index is 14.6. The molecule has 0 bridgehead atoms. The van der Waals surface area contributed by atoms with Gasteiger partial charge in [0.05, 0.1) is 18.2 Å². The highest BCUT2D eigenvalue weighted by atomic mass is 35.5. The number of aromatic nitrogens is 2. The molecule has 0 aliphatic heterocycles. The van der Waals surface area contributed by atoms with E-state index in [1.165, 1.54) is 26.3 Å². The number of methoxy groups -OCH3 is 1. The van der Waals surface area contributed by atoms with Gasteiger partial charge in [0.2, 0.25) is 0 Å². The molecule has 1 aromatic heterocycles. The molecule has 1 aliphatic rings. The third-order valence-corrected chi connectivity index (χ3v) is 6.24. The van der Waals surface area contributed by atoms with Crippen LogP contribution in [0.15, 0.2) is 24.4 Å². The molecule has 1 heterocycles. The molecular formula is C22H19ClF5N3O2. The molecular weight excluding hydrogens is 469 g/mol. The molecule has 0 spiro atoms. The Bertz CT molecular complexity index is 1250. The van der Waals surface area contributed by atoms with Crippen LogP contribution < -0.4 is 10.1 Å². The molecule has 176 valence electrons. The van der Waals surface area contributed by atoms with Crippen LogP contribution in [-0.4, -0.2) is 34.0 Å². The summed E-state index contributed by atoms with van der Waals surface area (Å²) in [6.45, 7) is 2.98. The van der Waals surface area contributed by atoms with Gasteiger partial charge in [0.25, 0.3) is 0 Å². The Balaban J connectivity index is 1.98. The fourth-order valence-electron chi connectivity index (χ4n) is 4.46. The molecule has 2 aromatic carbocycles. The number of nitrogens with zero attached hydrogens (tertiary/aromatic N) is 2. The first-order valence-corrected chi connectivity index (χ1v) is 10.3. The van der Waals surface area contributed by atoms with E-state index < -0.39 is 46.8 Å². The van der Waals surface area contributed by atoms with E-state index in [-0.39, 0.29) is 39.3 Å². The lowest BCUT2D eigenvalue weighted by Crippen LogP contribution is -2.55. The Labute approximate surface area is 190 Å². The predicted octanol–water partition coefficient (Wildman–Crippen LogP) is 5.83. The molecule has 4 rings (SSSR count). The summed E-state index contributed by atoms with van der Waals surface area (Å²) >= 11 is 5.97. The van der Waals surface area contributed by atoms with Crippen LogP contribution in [0.1, 0.15) is 42.3 Å². The Kier molecular flexibility index (Phi) is 5.65. The number of fused-ring (bicyclic) bond motifs is 2. The molecule has 0 saturated heterocycles. The van der Waals surface area contributed by atoms with E-state index in [1.54, 1.807) is 6.92 Å². The minimum absolute atomic E-state index is 0.0546. The van der Waals surface area contributed by atoms with Crippen LogP contribution in [0.3, 0.4) is 0 Å². The van der Waals surface area contributed by atoms with E-state index in [2.05, 4.69) is 15.3 Å². The summed E-state index contributed by atoms with van der Waals surface area (Å²) in [5, 5.41) is 13.3. The Morgan fingerprint density at radius 1 is 1.27 bits per heavy atom. The van der Waals surface area contributed by atoms with Crippen LogP contribution in [0.25, 0.3) is 10.9 Å². The third-order valence-electron chi connectivity index (χ3n) is 5.96. The molecule has 0 unspecified atom stereocenters. The van der Waals surface area contributed by atoms with Crippen molar-refractivity contribution < 1.29 is 31.8 Å². The summed E-state index contributed by atoms with van der Waals surface area (Å²) in [5.74, 6) is -2.52. The highest BCUT2D eigenvalue weighted by Crippen LogP contribution is 2.55. The number of aryl methyl sites for hydroxylation is 1. The van der Waals surface area contributed by atoms with Gasteiger partial charge in [-0.3, -0.25) is 0 Å². The van der Waals surface area contributed by atoms with Gasteiger partial charge < -0.3 is 15.2 Å². The van der Waals surface area contributed by atoms with Crippen LogP contribution in [0, 0.1) is 18.6 Å². The lowest BCUT2D eigenvalue weighted by Gasteiger charge is -2.45. The number of benzene rings is 2. The lowest BCUT2D eigenvalue weighted by atomic mass is 9.70. The first-order chi connectivity index (χ1) is 15.4. The zero-order chi connectivity index (χ0) is 24.3. The monoisotopic (exact) mass is 487 g/mol. The maximum absolute atomic E-state index is 14.6. The van der Waals surface area contributed by atoms with Gasteiger partial charge in [-0.2, -0.15) is 13.2 Å². The summed E-state index contributed by atoms with van der Waals surface area (Å²) in [4.78, 5) is 8.03. The molecule has 3 aromatic rings. The van der Waals surface area contributed by atoms with Crippen molar-refractivity contribution in [2.75, 3.05) is 12.4 Å². The number of hydrogen-bond donors (Lipinski definition) is 2. The van der Waals surface area contributed by atoms with E-state index in [0.717, 1.165) is 12.1 Å². The Hall–Kier alpha value is -2.72. The van der Waals surface area contributed by atoms with E-state index in [4.69, 9.17) is 16.3 Å². The van der Waals surface area contributed by atoms with Gasteiger partial charge in [0.1, 0.15) is 17.2 Å². The maximum Gasteiger partial charge on any atom is 0.419 e. The molecule has 11 heteroatoms. The number of nitrogens with one attached hydrogen (secondary N) is 1. The van der Waals surface area contributed by atoms with Crippen molar-refractivity contribution in [3.63, 3.8) is 0 Å². The predicted molar refractivity (Wildman–Crippen MR) is 113 cm³/mol. The standard InChI is InChI=1S/C22H19ClF5N3O2/c1-9-7-21(32,22(26,27)28)20(11-6-13(23)17(25)19(33-3)16(9)11)31-15-5-4-14(24)18-12(15)8-29-10(2)30-18/h4-6,8-9,20,31-32H,7H2,1-3H3/t9-,20+,21-/m1/s1. The van der Waals surface area contributed by atoms with Gasteiger partial charge in [-0.1, -0.05) is 18.5 Å². The average Bonchev–Trinajstić information content (AvgIpc) is 2.73. The van der Waals surface area contributed by atoms with Crippen LogP contribution in [0.4, 0.5) is 27.6 Å². The topological polar surface area (TPSA) is 67.3 Å². The van der Waals surface area contributed by atoms with E-state index in [0.29, 0.717) is 0 Å². The zero-order valence-electron chi connectivity index (χ0n) is 17.7. The first-order valence-electron chi connectivity index (χ1n) is 9.92. The Morgan fingerprint density at radius 3 is 2.61 bits per heavy atom. The smallest absolute Gasteiger partial charge is 0.419 e. The number of aliphatic hydroxyl groups is 1. The van der Waals surface area contributed by atoms with Gasteiger partial charge in [-0.15, -0.1) is 0 Å². The van der Waals surface area contributed by atoms with E-state index in [9.17, 15) is 27.1 Å². The molecule has 2 N–H and O–H groups in total. The van der Waals surface area contributed by atoms with Gasteiger partial charge in [-0.25, -0.2) is 18.7 Å². The minimum atomic E-state index is -5.06. The van der Waals surface area contributed by atoms with Gasteiger partial charge in [-0.05, 0) is 43.0 Å².